The monoisotopic (exact) mass is 191 g/mol. The van der Waals surface area contributed by atoms with Crippen LogP contribution in [-0.4, -0.2) is 10.2 Å². The quantitative estimate of drug-likeness (QED) is 0.758. The predicted molar refractivity (Wildman–Crippen MR) is 51.9 cm³/mol. The van der Waals surface area contributed by atoms with Gasteiger partial charge in [-0.25, -0.2) is 4.39 Å². The lowest BCUT2D eigenvalue weighted by Crippen LogP contribution is -1.98. The van der Waals surface area contributed by atoms with Gasteiger partial charge in [-0.2, -0.15) is 5.10 Å². The highest BCUT2D eigenvalue weighted by molar-refractivity contribution is 5.64. The number of hydrogen-bond acceptors (Lipinski definition) is 2. The third-order valence-electron chi connectivity index (χ3n) is 2.08. The van der Waals surface area contributed by atoms with E-state index in [0.717, 1.165) is 16.8 Å². The smallest absolute Gasteiger partial charge is 0.123 e. The second-order valence-electron chi connectivity index (χ2n) is 2.97. The van der Waals surface area contributed by atoms with Crippen LogP contribution in [0.5, 0.6) is 0 Å². The first-order valence-electron chi connectivity index (χ1n) is 4.29. The molecule has 72 valence electrons. The third kappa shape index (κ3) is 1.52. The Labute approximate surface area is 80.8 Å². The van der Waals surface area contributed by atoms with Crippen LogP contribution in [0.1, 0.15) is 5.69 Å². The number of nitrogens with zero attached hydrogens (tertiary/aromatic N) is 1. The van der Waals surface area contributed by atoms with Gasteiger partial charge < -0.3 is 5.73 Å². The molecule has 0 bridgehead atoms. The maximum atomic E-state index is 12.7. The Hall–Kier alpha value is -1.68. The highest BCUT2D eigenvalue weighted by Gasteiger charge is 2.05. The van der Waals surface area contributed by atoms with Crippen molar-refractivity contribution in [3.05, 3.63) is 42.0 Å². The van der Waals surface area contributed by atoms with Gasteiger partial charge >= 0.3 is 0 Å². The molecule has 0 aliphatic heterocycles. The normalized spacial score (nSPS) is 10.4. The Bertz CT molecular complexity index is 419. The Morgan fingerprint density at radius 2 is 2.00 bits per heavy atom. The van der Waals surface area contributed by atoms with E-state index in [2.05, 4.69) is 10.2 Å². The number of rotatable bonds is 2. The van der Waals surface area contributed by atoms with Gasteiger partial charge in [0.15, 0.2) is 0 Å². The summed E-state index contributed by atoms with van der Waals surface area (Å²) in [6.07, 6.45) is 1.69. The highest BCUT2D eigenvalue weighted by Crippen LogP contribution is 2.21. The zero-order valence-corrected chi connectivity index (χ0v) is 7.50. The van der Waals surface area contributed by atoms with Crippen molar-refractivity contribution >= 4 is 0 Å². The number of nitrogens with one attached hydrogen (secondary N) is 1. The largest absolute Gasteiger partial charge is 0.325 e. The average molecular weight is 191 g/mol. The SMILES string of the molecule is NCc1[nH]ncc1-c1ccc(F)cc1. The van der Waals surface area contributed by atoms with E-state index < -0.39 is 0 Å². The molecule has 0 spiro atoms. The molecule has 2 aromatic rings. The first kappa shape index (κ1) is 8.90. The molecule has 1 aromatic carbocycles. The van der Waals surface area contributed by atoms with Gasteiger partial charge in [0.25, 0.3) is 0 Å². The molecule has 2 rings (SSSR count). The van der Waals surface area contributed by atoms with Crippen molar-refractivity contribution in [2.45, 2.75) is 6.54 Å². The summed E-state index contributed by atoms with van der Waals surface area (Å²) in [6, 6.07) is 6.25. The van der Waals surface area contributed by atoms with Crippen LogP contribution in [0.3, 0.4) is 0 Å². The van der Waals surface area contributed by atoms with Crippen LogP contribution in [0.2, 0.25) is 0 Å². The lowest BCUT2D eigenvalue weighted by molar-refractivity contribution is 0.628. The second kappa shape index (κ2) is 3.59. The van der Waals surface area contributed by atoms with Crippen LogP contribution in [0.15, 0.2) is 30.5 Å². The van der Waals surface area contributed by atoms with E-state index in [0.29, 0.717) is 6.54 Å². The van der Waals surface area contributed by atoms with E-state index in [1.54, 1.807) is 18.3 Å². The Morgan fingerprint density at radius 1 is 1.29 bits per heavy atom. The summed E-state index contributed by atoms with van der Waals surface area (Å²) in [7, 11) is 0. The third-order valence-corrected chi connectivity index (χ3v) is 2.08. The predicted octanol–water partition coefficient (Wildman–Crippen LogP) is 1.67. The summed E-state index contributed by atoms with van der Waals surface area (Å²) < 4.78 is 12.7. The minimum atomic E-state index is -0.244. The molecule has 0 amide bonds. The second-order valence-corrected chi connectivity index (χ2v) is 2.97. The van der Waals surface area contributed by atoms with Gasteiger partial charge in [-0.05, 0) is 17.7 Å². The summed E-state index contributed by atoms with van der Waals surface area (Å²) >= 11 is 0. The Morgan fingerprint density at radius 3 is 2.64 bits per heavy atom. The van der Waals surface area contributed by atoms with Crippen LogP contribution >= 0.6 is 0 Å². The van der Waals surface area contributed by atoms with Crippen molar-refractivity contribution < 1.29 is 4.39 Å². The fourth-order valence-corrected chi connectivity index (χ4v) is 1.35. The van der Waals surface area contributed by atoms with E-state index >= 15 is 0 Å². The minimum absolute atomic E-state index is 0.244. The molecule has 1 aromatic heterocycles. The molecule has 3 nitrogen and oxygen atoms in total. The van der Waals surface area contributed by atoms with Gasteiger partial charge in [-0.1, -0.05) is 12.1 Å². The number of nitrogens with two attached hydrogens (primary N) is 1. The number of aromatic nitrogens is 2. The summed E-state index contributed by atoms with van der Waals surface area (Å²) in [5, 5.41) is 6.69. The summed E-state index contributed by atoms with van der Waals surface area (Å²) in [5.41, 5.74) is 8.22. The average Bonchev–Trinajstić information content (AvgIpc) is 2.67. The van der Waals surface area contributed by atoms with Crippen molar-refractivity contribution in [3.63, 3.8) is 0 Å². The number of halogens is 1. The fourth-order valence-electron chi connectivity index (χ4n) is 1.35. The molecule has 1 heterocycles. The summed E-state index contributed by atoms with van der Waals surface area (Å²) in [5.74, 6) is -0.244. The number of aromatic amines is 1. The maximum absolute atomic E-state index is 12.7. The molecule has 0 radical (unpaired) electrons. The van der Waals surface area contributed by atoms with Crippen LogP contribution < -0.4 is 5.73 Å². The van der Waals surface area contributed by atoms with Crippen molar-refractivity contribution in [1.29, 1.82) is 0 Å². The fraction of sp³-hybridized carbons (Fsp3) is 0.100. The minimum Gasteiger partial charge on any atom is -0.325 e. The van der Waals surface area contributed by atoms with Crippen LogP contribution in [-0.2, 0) is 6.54 Å². The van der Waals surface area contributed by atoms with E-state index in [1.807, 2.05) is 0 Å². The molecule has 3 N–H and O–H groups in total. The van der Waals surface area contributed by atoms with Gasteiger partial charge in [0.1, 0.15) is 5.82 Å². The molecule has 0 saturated heterocycles. The molecule has 0 unspecified atom stereocenters. The standard InChI is InChI=1S/C10H10FN3/c11-8-3-1-7(2-4-8)9-6-13-14-10(9)5-12/h1-4,6H,5,12H2,(H,13,14). The molecule has 4 heteroatoms. The Kier molecular flexibility index (Phi) is 2.28. The topological polar surface area (TPSA) is 54.7 Å². The van der Waals surface area contributed by atoms with E-state index in [-0.39, 0.29) is 5.82 Å². The van der Waals surface area contributed by atoms with Crippen molar-refractivity contribution in [2.75, 3.05) is 0 Å². The van der Waals surface area contributed by atoms with E-state index in [9.17, 15) is 4.39 Å². The lowest BCUT2D eigenvalue weighted by atomic mass is 10.1. The van der Waals surface area contributed by atoms with Crippen LogP contribution in [0, 0.1) is 5.82 Å². The molecule has 0 saturated carbocycles. The zero-order chi connectivity index (χ0) is 9.97. The van der Waals surface area contributed by atoms with Gasteiger partial charge in [0.2, 0.25) is 0 Å². The number of benzene rings is 1. The van der Waals surface area contributed by atoms with Crippen molar-refractivity contribution in [2.24, 2.45) is 5.73 Å². The highest BCUT2D eigenvalue weighted by atomic mass is 19.1. The van der Waals surface area contributed by atoms with Crippen LogP contribution in [0.25, 0.3) is 11.1 Å². The zero-order valence-electron chi connectivity index (χ0n) is 7.50. The van der Waals surface area contributed by atoms with Gasteiger partial charge in [0, 0.05) is 12.1 Å². The molecular weight excluding hydrogens is 181 g/mol. The molecule has 0 aliphatic rings. The molecule has 0 atom stereocenters. The van der Waals surface area contributed by atoms with Gasteiger partial charge in [-0.15, -0.1) is 0 Å². The summed E-state index contributed by atoms with van der Waals surface area (Å²) in [6.45, 7) is 0.396. The Balaban J connectivity index is 2.44. The number of hydrogen-bond donors (Lipinski definition) is 2. The molecule has 14 heavy (non-hydrogen) atoms. The first-order chi connectivity index (χ1) is 6.81. The molecular formula is C10H10FN3. The maximum Gasteiger partial charge on any atom is 0.123 e. The van der Waals surface area contributed by atoms with Gasteiger partial charge in [0.05, 0.1) is 11.9 Å². The van der Waals surface area contributed by atoms with E-state index in [4.69, 9.17) is 5.73 Å². The van der Waals surface area contributed by atoms with E-state index in [1.165, 1.54) is 12.1 Å². The first-order valence-corrected chi connectivity index (χ1v) is 4.29. The van der Waals surface area contributed by atoms with Gasteiger partial charge in [-0.3, -0.25) is 5.10 Å². The van der Waals surface area contributed by atoms with Crippen molar-refractivity contribution in [1.82, 2.24) is 10.2 Å². The molecule has 0 fully saturated rings. The lowest BCUT2D eigenvalue weighted by Gasteiger charge is -2.00. The van der Waals surface area contributed by atoms with Crippen LogP contribution in [0.4, 0.5) is 4.39 Å². The number of H-pyrrole nitrogens is 1. The van der Waals surface area contributed by atoms with Crippen molar-refractivity contribution in [3.8, 4) is 11.1 Å². The molecule has 0 aliphatic carbocycles. The summed E-state index contributed by atoms with van der Waals surface area (Å²) in [4.78, 5) is 0.